The highest BCUT2D eigenvalue weighted by molar-refractivity contribution is 9.10. The quantitative estimate of drug-likeness (QED) is 0.589. The Morgan fingerprint density at radius 2 is 2.00 bits per heavy atom. The van der Waals surface area contributed by atoms with Gasteiger partial charge >= 0.3 is 0 Å². The molecular weight excluding hydrogens is 412 g/mol. The second-order valence-electron chi connectivity index (χ2n) is 5.94. The maximum absolute atomic E-state index is 12.1. The predicted octanol–water partition coefficient (Wildman–Crippen LogP) is 5.13. The minimum Gasteiger partial charge on any atom is -0.483 e. The molecular formula is C20H19BrN2O2S. The van der Waals surface area contributed by atoms with Gasteiger partial charge in [0.1, 0.15) is 5.75 Å². The molecule has 2 aromatic carbocycles. The second kappa shape index (κ2) is 8.47. The molecule has 3 rings (SSSR count). The van der Waals surface area contributed by atoms with Crippen LogP contribution < -0.4 is 10.1 Å². The predicted molar refractivity (Wildman–Crippen MR) is 109 cm³/mol. The molecule has 0 unspecified atom stereocenters. The van der Waals surface area contributed by atoms with Crippen molar-refractivity contribution in [3.05, 3.63) is 74.7 Å². The van der Waals surface area contributed by atoms with E-state index in [0.717, 1.165) is 27.0 Å². The number of aromatic nitrogens is 1. The van der Waals surface area contributed by atoms with Crippen molar-refractivity contribution in [2.75, 3.05) is 11.9 Å². The van der Waals surface area contributed by atoms with E-state index in [2.05, 4.69) is 38.4 Å². The van der Waals surface area contributed by atoms with Gasteiger partial charge in [0.2, 0.25) is 0 Å². The van der Waals surface area contributed by atoms with Crippen LogP contribution in [-0.2, 0) is 11.2 Å². The Hall–Kier alpha value is -2.18. The number of benzene rings is 2. The number of thiazole rings is 1. The van der Waals surface area contributed by atoms with Crippen LogP contribution in [0.1, 0.15) is 21.7 Å². The maximum atomic E-state index is 12.1. The third-order valence-electron chi connectivity index (χ3n) is 3.85. The lowest BCUT2D eigenvalue weighted by molar-refractivity contribution is -0.118. The van der Waals surface area contributed by atoms with Crippen LogP contribution in [0.2, 0.25) is 0 Å². The van der Waals surface area contributed by atoms with E-state index < -0.39 is 0 Å². The molecule has 134 valence electrons. The van der Waals surface area contributed by atoms with Gasteiger partial charge in [-0.2, -0.15) is 0 Å². The van der Waals surface area contributed by atoms with E-state index in [9.17, 15) is 4.79 Å². The number of amides is 1. The lowest BCUT2D eigenvalue weighted by atomic mass is 10.1. The van der Waals surface area contributed by atoms with Crippen molar-refractivity contribution < 1.29 is 9.53 Å². The average molecular weight is 431 g/mol. The number of ether oxygens (including phenoxy) is 1. The Balaban J connectivity index is 1.60. The lowest BCUT2D eigenvalue weighted by Crippen LogP contribution is -2.20. The molecule has 1 aromatic heterocycles. The van der Waals surface area contributed by atoms with E-state index in [1.54, 1.807) is 0 Å². The molecule has 26 heavy (non-hydrogen) atoms. The van der Waals surface area contributed by atoms with Crippen molar-refractivity contribution >= 4 is 38.3 Å². The van der Waals surface area contributed by atoms with Crippen LogP contribution >= 0.6 is 27.3 Å². The summed E-state index contributed by atoms with van der Waals surface area (Å²) in [5.41, 5.74) is 3.14. The molecule has 3 aromatic rings. The zero-order valence-electron chi connectivity index (χ0n) is 14.6. The summed E-state index contributed by atoms with van der Waals surface area (Å²) >= 11 is 4.99. The van der Waals surface area contributed by atoms with Crippen molar-refractivity contribution in [2.24, 2.45) is 0 Å². The summed E-state index contributed by atoms with van der Waals surface area (Å²) in [7, 11) is 0. The summed E-state index contributed by atoms with van der Waals surface area (Å²) in [5, 5.41) is 3.43. The standard InChI is InChI=1S/C20H19BrN2O2S/c1-13-6-3-4-9-17(13)25-12-19(24)23-20-22-14(2)18(26-20)11-15-7-5-8-16(21)10-15/h3-10H,11-12H2,1-2H3,(H,22,23,24). The first kappa shape index (κ1) is 18.6. The third-order valence-corrected chi connectivity index (χ3v) is 5.41. The zero-order chi connectivity index (χ0) is 18.5. The van der Waals surface area contributed by atoms with Crippen LogP contribution in [0.25, 0.3) is 0 Å². The van der Waals surface area contributed by atoms with Crippen LogP contribution in [0.15, 0.2) is 53.0 Å². The molecule has 1 heterocycles. The molecule has 0 fully saturated rings. The number of nitrogens with zero attached hydrogens (tertiary/aromatic N) is 1. The van der Waals surface area contributed by atoms with Gasteiger partial charge < -0.3 is 4.74 Å². The molecule has 0 aliphatic heterocycles. The Morgan fingerprint density at radius 3 is 2.77 bits per heavy atom. The highest BCUT2D eigenvalue weighted by Gasteiger charge is 2.12. The summed E-state index contributed by atoms with van der Waals surface area (Å²) < 4.78 is 6.63. The number of nitrogens with one attached hydrogen (secondary N) is 1. The van der Waals surface area contributed by atoms with Crippen LogP contribution in [0.4, 0.5) is 5.13 Å². The van der Waals surface area contributed by atoms with Gasteiger partial charge in [-0.25, -0.2) is 4.98 Å². The van der Waals surface area contributed by atoms with Crippen molar-refractivity contribution in [3.63, 3.8) is 0 Å². The normalized spacial score (nSPS) is 10.6. The monoisotopic (exact) mass is 430 g/mol. The lowest BCUT2D eigenvalue weighted by Gasteiger charge is -2.08. The van der Waals surface area contributed by atoms with E-state index in [4.69, 9.17) is 4.74 Å². The van der Waals surface area contributed by atoms with Gasteiger partial charge in [0.25, 0.3) is 5.91 Å². The summed E-state index contributed by atoms with van der Waals surface area (Å²) in [4.78, 5) is 17.7. The molecule has 0 saturated heterocycles. The number of rotatable bonds is 6. The molecule has 0 aliphatic rings. The number of para-hydroxylation sites is 1. The molecule has 4 nitrogen and oxygen atoms in total. The Morgan fingerprint density at radius 1 is 1.19 bits per heavy atom. The largest absolute Gasteiger partial charge is 0.483 e. The Labute approximate surface area is 165 Å². The second-order valence-corrected chi connectivity index (χ2v) is 7.94. The topological polar surface area (TPSA) is 51.2 Å². The first-order chi connectivity index (χ1) is 12.5. The van der Waals surface area contributed by atoms with Crippen molar-refractivity contribution in [3.8, 4) is 5.75 Å². The zero-order valence-corrected chi connectivity index (χ0v) is 17.0. The molecule has 0 bridgehead atoms. The number of carbonyl (C=O) groups is 1. The molecule has 0 aliphatic carbocycles. The smallest absolute Gasteiger partial charge is 0.264 e. The van der Waals surface area contributed by atoms with E-state index >= 15 is 0 Å². The first-order valence-corrected chi connectivity index (χ1v) is 9.81. The van der Waals surface area contributed by atoms with E-state index in [1.807, 2.05) is 50.2 Å². The van der Waals surface area contributed by atoms with Gasteiger partial charge in [-0.1, -0.05) is 46.3 Å². The molecule has 0 saturated carbocycles. The van der Waals surface area contributed by atoms with E-state index in [-0.39, 0.29) is 12.5 Å². The molecule has 1 N–H and O–H groups in total. The Bertz CT molecular complexity index is 924. The highest BCUT2D eigenvalue weighted by atomic mass is 79.9. The van der Waals surface area contributed by atoms with Crippen molar-refractivity contribution in [2.45, 2.75) is 20.3 Å². The van der Waals surface area contributed by atoms with Gasteiger partial charge in [0.05, 0.1) is 5.69 Å². The fourth-order valence-corrected chi connectivity index (χ4v) is 3.95. The highest BCUT2D eigenvalue weighted by Crippen LogP contribution is 2.26. The van der Waals surface area contributed by atoms with Crippen molar-refractivity contribution in [1.29, 1.82) is 0 Å². The summed E-state index contributed by atoms with van der Waals surface area (Å²) in [5.74, 6) is 0.504. The van der Waals surface area contributed by atoms with Crippen LogP contribution in [0, 0.1) is 13.8 Å². The number of hydrogen-bond donors (Lipinski definition) is 1. The summed E-state index contributed by atoms with van der Waals surface area (Å²) in [6.45, 7) is 3.87. The van der Waals surface area contributed by atoms with Crippen LogP contribution in [0.5, 0.6) is 5.75 Å². The van der Waals surface area contributed by atoms with Gasteiger partial charge in [-0.15, -0.1) is 11.3 Å². The van der Waals surface area contributed by atoms with Crippen LogP contribution in [0.3, 0.4) is 0 Å². The maximum Gasteiger partial charge on any atom is 0.264 e. The number of anilines is 1. The third kappa shape index (κ3) is 4.93. The SMILES string of the molecule is Cc1ccccc1OCC(=O)Nc1nc(C)c(Cc2cccc(Br)c2)s1. The van der Waals surface area contributed by atoms with Gasteiger partial charge in [0.15, 0.2) is 11.7 Å². The summed E-state index contributed by atoms with van der Waals surface area (Å²) in [6.07, 6.45) is 0.790. The average Bonchev–Trinajstić information content (AvgIpc) is 2.93. The van der Waals surface area contributed by atoms with E-state index in [0.29, 0.717) is 10.9 Å². The fourth-order valence-electron chi connectivity index (χ4n) is 2.49. The number of hydrogen-bond acceptors (Lipinski definition) is 4. The Kier molecular flexibility index (Phi) is 6.06. The number of carbonyl (C=O) groups excluding carboxylic acids is 1. The van der Waals surface area contributed by atoms with Gasteiger partial charge in [-0.05, 0) is 43.2 Å². The van der Waals surface area contributed by atoms with Gasteiger partial charge in [-0.3, -0.25) is 10.1 Å². The molecule has 0 radical (unpaired) electrons. The number of aryl methyl sites for hydroxylation is 2. The minimum atomic E-state index is -0.212. The first-order valence-electron chi connectivity index (χ1n) is 8.20. The molecule has 0 spiro atoms. The van der Waals surface area contributed by atoms with Gasteiger partial charge in [0, 0.05) is 15.8 Å². The molecule has 0 atom stereocenters. The minimum absolute atomic E-state index is 0.0373. The molecule has 6 heteroatoms. The molecule has 1 amide bonds. The summed E-state index contributed by atoms with van der Waals surface area (Å²) in [6, 6.07) is 15.8. The van der Waals surface area contributed by atoms with E-state index in [1.165, 1.54) is 16.9 Å². The van der Waals surface area contributed by atoms with Crippen molar-refractivity contribution in [1.82, 2.24) is 4.98 Å². The number of halogens is 1. The fraction of sp³-hybridized carbons (Fsp3) is 0.200. The van der Waals surface area contributed by atoms with Crippen LogP contribution in [-0.4, -0.2) is 17.5 Å².